The van der Waals surface area contributed by atoms with E-state index in [4.69, 9.17) is 13.9 Å². The van der Waals surface area contributed by atoms with Gasteiger partial charge in [-0.3, -0.25) is 9.59 Å². The molecule has 168 valence electrons. The number of rotatable bonds is 9. The van der Waals surface area contributed by atoms with Gasteiger partial charge in [-0.1, -0.05) is 6.07 Å². The number of methoxy groups -OCH3 is 1. The number of hydrogen-bond acceptors (Lipinski definition) is 5. The third-order valence-electron chi connectivity index (χ3n) is 4.83. The normalized spacial score (nSPS) is 10.7. The average Bonchev–Trinajstić information content (AvgIpc) is 3.20. The topological polar surface area (TPSA) is 81.0 Å². The summed E-state index contributed by atoms with van der Waals surface area (Å²) in [5.74, 6) is 2.32. The third-order valence-corrected chi connectivity index (χ3v) is 4.83. The second kappa shape index (κ2) is 10.5. The molecule has 0 aliphatic heterocycles. The first-order valence-corrected chi connectivity index (χ1v) is 10.4. The molecule has 0 radical (unpaired) electrons. The standard InChI is InChI=1S/C25H28N2O5/c1-17(2)27(15-23-11-8-18(3)32-23)25(29)19-9-12-21(13-10-19)31-16-24(28)26-20-6-5-7-22(14-20)30-4/h5-14,17H,15-16H2,1-4H3,(H,26,28). The van der Waals surface area contributed by atoms with Gasteiger partial charge < -0.3 is 24.1 Å². The highest BCUT2D eigenvalue weighted by Crippen LogP contribution is 2.19. The fourth-order valence-electron chi connectivity index (χ4n) is 3.13. The van der Waals surface area contributed by atoms with Crippen LogP contribution in [0, 0.1) is 6.92 Å². The fraction of sp³-hybridized carbons (Fsp3) is 0.280. The number of aryl methyl sites for hydroxylation is 1. The Balaban J connectivity index is 1.57. The van der Waals surface area contributed by atoms with E-state index in [2.05, 4.69) is 5.32 Å². The molecule has 0 aliphatic rings. The molecule has 7 nitrogen and oxygen atoms in total. The Morgan fingerprint density at radius 1 is 1.03 bits per heavy atom. The van der Waals surface area contributed by atoms with Crippen molar-refractivity contribution in [3.05, 3.63) is 77.7 Å². The van der Waals surface area contributed by atoms with Crippen molar-refractivity contribution in [3.8, 4) is 11.5 Å². The van der Waals surface area contributed by atoms with Crippen LogP contribution in [0.15, 0.2) is 65.1 Å². The van der Waals surface area contributed by atoms with Gasteiger partial charge in [0.15, 0.2) is 6.61 Å². The zero-order chi connectivity index (χ0) is 23.1. The molecule has 32 heavy (non-hydrogen) atoms. The van der Waals surface area contributed by atoms with Gasteiger partial charge in [0.2, 0.25) is 0 Å². The highest BCUT2D eigenvalue weighted by Gasteiger charge is 2.20. The minimum absolute atomic E-state index is 0.00383. The molecule has 0 aliphatic carbocycles. The van der Waals surface area contributed by atoms with Crippen LogP contribution in [0.5, 0.6) is 11.5 Å². The number of furan rings is 1. The van der Waals surface area contributed by atoms with E-state index in [1.165, 1.54) is 0 Å². The second-order valence-electron chi connectivity index (χ2n) is 7.63. The van der Waals surface area contributed by atoms with Crippen molar-refractivity contribution in [2.24, 2.45) is 0 Å². The zero-order valence-electron chi connectivity index (χ0n) is 18.8. The first kappa shape index (κ1) is 22.9. The van der Waals surface area contributed by atoms with Crippen LogP contribution >= 0.6 is 0 Å². The number of nitrogens with one attached hydrogen (secondary N) is 1. The lowest BCUT2D eigenvalue weighted by Crippen LogP contribution is -2.36. The van der Waals surface area contributed by atoms with Crippen LogP contribution in [0.2, 0.25) is 0 Å². The van der Waals surface area contributed by atoms with Crippen molar-refractivity contribution in [3.63, 3.8) is 0 Å². The summed E-state index contributed by atoms with van der Waals surface area (Å²) in [4.78, 5) is 26.9. The minimum Gasteiger partial charge on any atom is -0.497 e. The SMILES string of the molecule is COc1cccc(NC(=O)COc2ccc(C(=O)N(Cc3ccc(C)o3)C(C)C)cc2)c1. The zero-order valence-corrected chi connectivity index (χ0v) is 18.8. The molecule has 0 spiro atoms. The van der Waals surface area contributed by atoms with E-state index in [0.29, 0.717) is 29.3 Å². The summed E-state index contributed by atoms with van der Waals surface area (Å²) in [5, 5.41) is 2.76. The van der Waals surface area contributed by atoms with Gasteiger partial charge in [0, 0.05) is 23.4 Å². The predicted octanol–water partition coefficient (Wildman–Crippen LogP) is 4.66. The van der Waals surface area contributed by atoms with Gasteiger partial charge in [0.25, 0.3) is 11.8 Å². The Morgan fingerprint density at radius 2 is 1.78 bits per heavy atom. The van der Waals surface area contributed by atoms with Crippen LogP contribution in [0.25, 0.3) is 0 Å². The van der Waals surface area contributed by atoms with E-state index in [1.807, 2.05) is 32.9 Å². The highest BCUT2D eigenvalue weighted by atomic mass is 16.5. The number of amides is 2. The number of carbonyl (C=O) groups excluding carboxylic acids is 2. The van der Waals surface area contributed by atoms with Crippen LogP contribution in [0.3, 0.4) is 0 Å². The Hall–Kier alpha value is -3.74. The van der Waals surface area contributed by atoms with Crippen molar-refractivity contribution < 1.29 is 23.5 Å². The molecule has 1 N–H and O–H groups in total. The summed E-state index contributed by atoms with van der Waals surface area (Å²) in [6.07, 6.45) is 0. The molecule has 2 amide bonds. The van der Waals surface area contributed by atoms with Crippen molar-refractivity contribution in [1.82, 2.24) is 4.90 Å². The lowest BCUT2D eigenvalue weighted by atomic mass is 10.1. The number of nitrogens with zero attached hydrogens (tertiary/aromatic N) is 1. The molecule has 0 saturated carbocycles. The van der Waals surface area contributed by atoms with Gasteiger partial charge in [-0.2, -0.15) is 0 Å². The minimum atomic E-state index is -0.293. The Kier molecular flexibility index (Phi) is 7.54. The molecule has 0 unspecified atom stereocenters. The molecule has 0 bridgehead atoms. The van der Waals surface area contributed by atoms with E-state index in [1.54, 1.807) is 60.5 Å². The van der Waals surface area contributed by atoms with E-state index < -0.39 is 0 Å². The van der Waals surface area contributed by atoms with Crippen molar-refractivity contribution in [2.75, 3.05) is 19.0 Å². The Morgan fingerprint density at radius 3 is 2.41 bits per heavy atom. The van der Waals surface area contributed by atoms with Crippen molar-refractivity contribution in [1.29, 1.82) is 0 Å². The van der Waals surface area contributed by atoms with Gasteiger partial charge in [0.05, 0.1) is 13.7 Å². The summed E-state index contributed by atoms with van der Waals surface area (Å²) in [6.45, 7) is 6.05. The summed E-state index contributed by atoms with van der Waals surface area (Å²) in [6, 6.07) is 17.6. The third kappa shape index (κ3) is 6.14. The lowest BCUT2D eigenvalue weighted by Gasteiger charge is -2.26. The maximum absolute atomic E-state index is 13.0. The second-order valence-corrected chi connectivity index (χ2v) is 7.63. The molecular weight excluding hydrogens is 408 g/mol. The molecule has 3 rings (SSSR count). The first-order chi connectivity index (χ1) is 15.4. The molecule has 0 saturated heterocycles. The molecule has 7 heteroatoms. The largest absolute Gasteiger partial charge is 0.497 e. The maximum atomic E-state index is 13.0. The van der Waals surface area contributed by atoms with Crippen LogP contribution in [-0.4, -0.2) is 36.5 Å². The summed E-state index contributed by atoms with van der Waals surface area (Å²) < 4.78 is 16.3. The van der Waals surface area contributed by atoms with Gasteiger partial charge in [-0.05, 0) is 69.3 Å². The summed E-state index contributed by atoms with van der Waals surface area (Å²) in [5.41, 5.74) is 1.16. The van der Waals surface area contributed by atoms with Gasteiger partial charge in [0.1, 0.15) is 23.0 Å². The van der Waals surface area contributed by atoms with E-state index in [-0.39, 0.29) is 24.5 Å². The molecule has 2 aromatic carbocycles. The molecule has 1 heterocycles. The molecule has 3 aromatic rings. The van der Waals surface area contributed by atoms with Crippen LogP contribution < -0.4 is 14.8 Å². The Labute approximate surface area is 187 Å². The van der Waals surface area contributed by atoms with Crippen LogP contribution in [-0.2, 0) is 11.3 Å². The van der Waals surface area contributed by atoms with Gasteiger partial charge >= 0.3 is 0 Å². The van der Waals surface area contributed by atoms with Crippen molar-refractivity contribution >= 4 is 17.5 Å². The highest BCUT2D eigenvalue weighted by molar-refractivity contribution is 5.94. The monoisotopic (exact) mass is 436 g/mol. The fourth-order valence-corrected chi connectivity index (χ4v) is 3.13. The number of ether oxygens (including phenoxy) is 2. The molecule has 0 fully saturated rings. The number of carbonyl (C=O) groups is 2. The quantitative estimate of drug-likeness (QED) is 0.527. The number of benzene rings is 2. The average molecular weight is 437 g/mol. The van der Waals surface area contributed by atoms with Crippen molar-refractivity contribution in [2.45, 2.75) is 33.4 Å². The molecule has 0 atom stereocenters. The van der Waals surface area contributed by atoms with E-state index in [9.17, 15) is 9.59 Å². The molecular formula is C25H28N2O5. The predicted molar refractivity (Wildman–Crippen MR) is 122 cm³/mol. The number of hydrogen-bond donors (Lipinski definition) is 1. The summed E-state index contributed by atoms with van der Waals surface area (Å²) in [7, 11) is 1.57. The van der Waals surface area contributed by atoms with E-state index >= 15 is 0 Å². The number of anilines is 1. The van der Waals surface area contributed by atoms with Gasteiger partial charge in [-0.25, -0.2) is 0 Å². The summed E-state index contributed by atoms with van der Waals surface area (Å²) >= 11 is 0. The molecule has 1 aromatic heterocycles. The first-order valence-electron chi connectivity index (χ1n) is 10.4. The lowest BCUT2D eigenvalue weighted by molar-refractivity contribution is -0.118. The Bertz CT molecular complexity index is 1060. The van der Waals surface area contributed by atoms with Crippen LogP contribution in [0.4, 0.5) is 5.69 Å². The maximum Gasteiger partial charge on any atom is 0.262 e. The van der Waals surface area contributed by atoms with E-state index in [0.717, 1.165) is 11.5 Å². The smallest absolute Gasteiger partial charge is 0.262 e. The van der Waals surface area contributed by atoms with Crippen LogP contribution in [0.1, 0.15) is 35.7 Å². The van der Waals surface area contributed by atoms with Gasteiger partial charge in [-0.15, -0.1) is 0 Å².